The van der Waals surface area contributed by atoms with Crippen molar-refractivity contribution in [3.8, 4) is 5.75 Å². The quantitative estimate of drug-likeness (QED) is 0.497. The van der Waals surface area contributed by atoms with Crippen LogP contribution < -0.4 is 15.4 Å². The molecule has 0 bridgehead atoms. The van der Waals surface area contributed by atoms with Gasteiger partial charge in [0.15, 0.2) is 0 Å². The third-order valence-corrected chi connectivity index (χ3v) is 6.71. The van der Waals surface area contributed by atoms with Crippen molar-refractivity contribution in [2.75, 3.05) is 26.8 Å². The molecule has 5 rings (SSSR count). The minimum absolute atomic E-state index is 0.0166. The zero-order chi connectivity index (χ0) is 25.1. The molecule has 2 N–H and O–H groups in total. The van der Waals surface area contributed by atoms with E-state index in [1.165, 1.54) is 5.69 Å². The predicted molar refractivity (Wildman–Crippen MR) is 135 cm³/mol. The number of benzene rings is 2. The number of hydrogen-bond acceptors (Lipinski definition) is 5. The van der Waals surface area contributed by atoms with E-state index in [0.717, 1.165) is 24.2 Å². The first kappa shape index (κ1) is 23.7. The lowest BCUT2D eigenvalue weighted by Crippen LogP contribution is -2.50. The van der Waals surface area contributed by atoms with E-state index in [2.05, 4.69) is 50.6 Å². The molecule has 8 heteroatoms. The van der Waals surface area contributed by atoms with Crippen LogP contribution in [0, 0.1) is 0 Å². The first-order valence-electron chi connectivity index (χ1n) is 12.1. The number of ether oxygens (including phenoxy) is 2. The SMILES string of the molecule is CCOC(=O)C1=C(CN2CCn3cccc3C2c2ccccc2)NC(=O)NC1c1ccc(OC)cc1. The van der Waals surface area contributed by atoms with E-state index >= 15 is 0 Å². The van der Waals surface area contributed by atoms with Crippen molar-refractivity contribution < 1.29 is 19.1 Å². The molecule has 2 amide bonds. The molecule has 0 fully saturated rings. The Morgan fingerprint density at radius 1 is 1.00 bits per heavy atom. The molecule has 0 saturated carbocycles. The Morgan fingerprint density at radius 2 is 1.78 bits per heavy atom. The second-order valence-electron chi connectivity index (χ2n) is 8.83. The van der Waals surface area contributed by atoms with Crippen molar-refractivity contribution in [3.63, 3.8) is 0 Å². The fourth-order valence-electron chi connectivity index (χ4n) is 5.06. The summed E-state index contributed by atoms with van der Waals surface area (Å²) in [7, 11) is 1.60. The van der Waals surface area contributed by atoms with Crippen LogP contribution in [0.5, 0.6) is 5.75 Å². The Balaban J connectivity index is 1.56. The van der Waals surface area contributed by atoms with Crippen molar-refractivity contribution >= 4 is 12.0 Å². The van der Waals surface area contributed by atoms with Gasteiger partial charge in [-0.25, -0.2) is 9.59 Å². The predicted octanol–water partition coefficient (Wildman–Crippen LogP) is 3.77. The lowest BCUT2D eigenvalue weighted by atomic mass is 9.94. The van der Waals surface area contributed by atoms with Crippen molar-refractivity contribution in [1.82, 2.24) is 20.1 Å². The molecular formula is C28H30N4O4. The number of amides is 2. The van der Waals surface area contributed by atoms with Gasteiger partial charge in [0.05, 0.1) is 31.4 Å². The summed E-state index contributed by atoms with van der Waals surface area (Å²) in [4.78, 5) is 28.4. The minimum atomic E-state index is -0.637. The summed E-state index contributed by atoms with van der Waals surface area (Å²) < 4.78 is 13.0. The highest BCUT2D eigenvalue weighted by Gasteiger charge is 2.36. The molecule has 8 nitrogen and oxygen atoms in total. The summed E-state index contributed by atoms with van der Waals surface area (Å²) in [5, 5.41) is 5.83. The monoisotopic (exact) mass is 486 g/mol. The van der Waals surface area contributed by atoms with E-state index in [9.17, 15) is 9.59 Å². The summed E-state index contributed by atoms with van der Waals surface area (Å²) >= 11 is 0. The van der Waals surface area contributed by atoms with Crippen LogP contribution in [0.15, 0.2) is 84.2 Å². The third kappa shape index (κ3) is 4.59. The molecule has 36 heavy (non-hydrogen) atoms. The fraction of sp³-hybridized carbons (Fsp3) is 0.286. The molecule has 2 atom stereocenters. The Hall–Kier alpha value is -4.04. The minimum Gasteiger partial charge on any atom is -0.497 e. The van der Waals surface area contributed by atoms with E-state index in [-0.39, 0.29) is 18.7 Å². The summed E-state index contributed by atoms with van der Waals surface area (Å²) in [6.07, 6.45) is 2.10. The zero-order valence-corrected chi connectivity index (χ0v) is 20.4. The molecule has 3 aromatic rings. The summed E-state index contributed by atoms with van der Waals surface area (Å²) in [6.45, 7) is 3.99. The van der Waals surface area contributed by atoms with Crippen LogP contribution in [0.2, 0.25) is 0 Å². The molecule has 186 valence electrons. The maximum absolute atomic E-state index is 13.3. The van der Waals surface area contributed by atoms with Crippen molar-refractivity contribution in [2.45, 2.75) is 25.6 Å². The van der Waals surface area contributed by atoms with Gasteiger partial charge in [-0.15, -0.1) is 0 Å². The van der Waals surface area contributed by atoms with Gasteiger partial charge in [-0.2, -0.15) is 0 Å². The number of esters is 1. The van der Waals surface area contributed by atoms with Crippen LogP contribution >= 0.6 is 0 Å². The number of carbonyl (C=O) groups excluding carboxylic acids is 2. The number of urea groups is 1. The second kappa shape index (κ2) is 10.3. The maximum Gasteiger partial charge on any atom is 0.338 e. The Morgan fingerprint density at radius 3 is 2.50 bits per heavy atom. The van der Waals surface area contributed by atoms with Gasteiger partial charge in [0.1, 0.15) is 5.75 Å². The van der Waals surface area contributed by atoms with Gasteiger partial charge in [0.2, 0.25) is 0 Å². The van der Waals surface area contributed by atoms with E-state index in [1.54, 1.807) is 14.0 Å². The summed E-state index contributed by atoms with van der Waals surface area (Å²) in [5.74, 6) is 0.250. The molecule has 2 aromatic carbocycles. The van der Waals surface area contributed by atoms with Crippen LogP contribution in [-0.2, 0) is 16.1 Å². The lowest BCUT2D eigenvalue weighted by Gasteiger charge is -2.39. The lowest BCUT2D eigenvalue weighted by molar-refractivity contribution is -0.139. The smallest absolute Gasteiger partial charge is 0.338 e. The van der Waals surface area contributed by atoms with Gasteiger partial charge < -0.3 is 24.7 Å². The second-order valence-corrected chi connectivity index (χ2v) is 8.83. The number of aromatic nitrogens is 1. The highest BCUT2D eigenvalue weighted by Crippen LogP contribution is 2.35. The fourth-order valence-corrected chi connectivity index (χ4v) is 5.06. The standard InChI is InChI=1S/C28H30N4O4/c1-3-36-27(33)24-22(29-28(34)30-25(24)19-11-13-21(35-2)14-12-19)18-32-17-16-31-15-7-10-23(31)26(32)20-8-5-4-6-9-20/h4-15,25-26H,3,16-18H2,1-2H3,(H2,29,30,34). The molecule has 0 saturated heterocycles. The number of nitrogens with zero attached hydrogens (tertiary/aromatic N) is 2. The Bertz CT molecular complexity index is 1270. The maximum atomic E-state index is 13.3. The first-order valence-corrected chi connectivity index (χ1v) is 12.1. The van der Waals surface area contributed by atoms with E-state index in [1.807, 2.05) is 42.5 Å². The molecule has 0 aliphatic carbocycles. The van der Waals surface area contributed by atoms with Crippen LogP contribution in [0.1, 0.15) is 35.8 Å². The molecule has 0 spiro atoms. The van der Waals surface area contributed by atoms with E-state index < -0.39 is 12.0 Å². The summed E-state index contributed by atoms with van der Waals surface area (Å²) in [6, 6.07) is 20.8. The number of carbonyl (C=O) groups is 2. The van der Waals surface area contributed by atoms with Gasteiger partial charge in [-0.3, -0.25) is 4.90 Å². The van der Waals surface area contributed by atoms with Gasteiger partial charge in [-0.1, -0.05) is 42.5 Å². The number of methoxy groups -OCH3 is 1. The molecule has 2 aliphatic rings. The molecule has 0 radical (unpaired) electrons. The third-order valence-electron chi connectivity index (χ3n) is 6.71. The van der Waals surface area contributed by atoms with Crippen LogP contribution in [0.25, 0.3) is 0 Å². The Labute approximate surface area is 210 Å². The van der Waals surface area contributed by atoms with Crippen LogP contribution in [0.4, 0.5) is 4.79 Å². The molecule has 1 aromatic heterocycles. The number of rotatable bonds is 7. The Kier molecular flexibility index (Phi) is 6.77. The highest BCUT2D eigenvalue weighted by atomic mass is 16.5. The van der Waals surface area contributed by atoms with Crippen molar-refractivity contribution in [3.05, 3.63) is 101 Å². The number of nitrogens with one attached hydrogen (secondary N) is 2. The topological polar surface area (TPSA) is 84.8 Å². The highest BCUT2D eigenvalue weighted by molar-refractivity contribution is 5.95. The van der Waals surface area contributed by atoms with E-state index in [4.69, 9.17) is 9.47 Å². The van der Waals surface area contributed by atoms with Gasteiger partial charge in [0, 0.05) is 37.2 Å². The largest absolute Gasteiger partial charge is 0.497 e. The summed E-state index contributed by atoms with van der Waals surface area (Å²) in [5.41, 5.74) is 4.08. The van der Waals surface area contributed by atoms with Crippen molar-refractivity contribution in [1.29, 1.82) is 0 Å². The number of hydrogen-bond donors (Lipinski definition) is 2. The van der Waals surface area contributed by atoms with Crippen molar-refractivity contribution in [2.24, 2.45) is 0 Å². The van der Waals surface area contributed by atoms with Gasteiger partial charge in [0.25, 0.3) is 0 Å². The average Bonchev–Trinajstić information content (AvgIpc) is 3.38. The van der Waals surface area contributed by atoms with E-state index in [0.29, 0.717) is 23.6 Å². The molecule has 3 heterocycles. The molecule has 2 aliphatic heterocycles. The molecule has 2 unspecified atom stereocenters. The normalized spacial score (nSPS) is 19.8. The zero-order valence-electron chi connectivity index (χ0n) is 20.4. The first-order chi connectivity index (χ1) is 17.6. The van der Waals surface area contributed by atoms with Crippen LogP contribution in [0.3, 0.4) is 0 Å². The van der Waals surface area contributed by atoms with Crippen LogP contribution in [-0.4, -0.2) is 48.3 Å². The molecular weight excluding hydrogens is 456 g/mol. The number of fused-ring (bicyclic) bond motifs is 1. The van der Waals surface area contributed by atoms with Gasteiger partial charge >= 0.3 is 12.0 Å². The average molecular weight is 487 g/mol. The van der Waals surface area contributed by atoms with Gasteiger partial charge in [-0.05, 0) is 42.3 Å².